The first-order chi connectivity index (χ1) is 51.9. The van der Waals surface area contributed by atoms with Crippen molar-refractivity contribution in [3.63, 3.8) is 0 Å². The summed E-state index contributed by atoms with van der Waals surface area (Å²) < 4.78 is 220. The molecule has 0 spiro atoms. The lowest BCUT2D eigenvalue weighted by Gasteiger charge is -2.30. The van der Waals surface area contributed by atoms with Gasteiger partial charge in [-0.3, -0.25) is 27.8 Å². The summed E-state index contributed by atoms with van der Waals surface area (Å²) >= 11 is 0. The van der Waals surface area contributed by atoms with E-state index in [1.807, 2.05) is 25.7 Å². The van der Waals surface area contributed by atoms with Gasteiger partial charge in [-0.25, -0.2) is 32.1 Å². The monoisotopic (exact) mass is 1700 g/mol. The van der Waals surface area contributed by atoms with Gasteiger partial charge in [-0.15, -0.1) is 0 Å². The number of phosphoric acid groups is 3. The van der Waals surface area contributed by atoms with Gasteiger partial charge in [-0.05, 0) is 88.4 Å². The number of unbranched alkanes of at least 4 members (excludes halogenated alkanes) is 3. The molecule has 7 rings (SSSR count). The smallest absolute Gasteiger partial charge is 0.490 e. The molecule has 1 fully saturated rings. The minimum absolute atomic E-state index is 0.00695. The average Bonchev–Trinajstić information content (AvgIpc) is 1.60. The minimum Gasteiger partial charge on any atom is -0.744 e. The molecule has 0 radical (unpaired) electrons. The third kappa shape index (κ3) is 28.0. The number of nitrogens with one attached hydrogen (secondary N) is 2. The number of aromatic nitrogens is 3. The van der Waals surface area contributed by atoms with Crippen LogP contribution in [0, 0.1) is 11.8 Å². The molecule has 13 N–H and O–H groups in total. The molecule has 111 heavy (non-hydrogen) atoms. The number of hydrogen-bond acceptors (Lipinski definition) is 29. The molecular weight excluding hydrogens is 1610 g/mol. The van der Waals surface area contributed by atoms with E-state index in [0.29, 0.717) is 59.7 Å². The lowest BCUT2D eigenvalue weighted by atomic mass is 9.77. The van der Waals surface area contributed by atoms with Gasteiger partial charge in [0, 0.05) is 73.1 Å². The number of ether oxygens (including phenoxy) is 6. The SMILES string of the molecule is CC1(C)C(C=CC=CC=C2N(CCCCCC(=O)NCCOCCOCCOCCOCCOCCC(=O)NCC#Cc3cn([C@@H]4O[C@H](COP(=O)(O)OP(=O)(O)OP(=O)(O)O)[C@@H](O)[C@H]4O)c4ncnc(N)c34)c3ccc(S(=O)(=O)[O-])cc3C2(C)CCCCS(=O)(=O)O)=[N+](CCCS(=O)(=O)O)c2ccc(S(=O)(=O)O)cc21. The van der Waals surface area contributed by atoms with E-state index in [9.17, 15) is 95.2 Å². The summed E-state index contributed by atoms with van der Waals surface area (Å²) in [4.78, 5) is 71.3. The van der Waals surface area contributed by atoms with Crippen LogP contribution in [-0.2, 0) is 116 Å². The lowest BCUT2D eigenvalue weighted by Crippen LogP contribution is -2.33. The summed E-state index contributed by atoms with van der Waals surface area (Å²) in [6, 6.07) is 8.16. The van der Waals surface area contributed by atoms with Crippen LogP contribution < -0.4 is 21.3 Å². The Morgan fingerprint density at radius 1 is 0.712 bits per heavy atom. The maximum Gasteiger partial charge on any atom is 0.490 e. The fraction of sp³-hybridized carbons (Fsp3) is 0.547. The van der Waals surface area contributed by atoms with Gasteiger partial charge < -0.3 is 88.6 Å². The van der Waals surface area contributed by atoms with Crippen molar-refractivity contribution in [1.29, 1.82) is 0 Å². The average molecular weight is 1710 g/mol. The van der Waals surface area contributed by atoms with Crippen LogP contribution in [0.4, 0.5) is 17.2 Å². The Morgan fingerprint density at radius 2 is 1.32 bits per heavy atom. The number of allylic oxidation sites excluding steroid dienone is 6. The van der Waals surface area contributed by atoms with Crippen molar-refractivity contribution in [2.45, 2.75) is 124 Å². The molecule has 3 aliphatic heterocycles. The Bertz CT molecular complexity index is 4780. The molecule has 0 bridgehead atoms. The summed E-state index contributed by atoms with van der Waals surface area (Å²) in [7, 11) is -35.2. The Hall–Kier alpha value is -6.22. The van der Waals surface area contributed by atoms with Crippen LogP contribution >= 0.6 is 23.5 Å². The highest BCUT2D eigenvalue weighted by atomic mass is 32.2. The molecule has 1 saturated heterocycles. The molecule has 3 aliphatic rings. The van der Waals surface area contributed by atoms with E-state index in [0.717, 1.165) is 6.33 Å². The van der Waals surface area contributed by atoms with Gasteiger partial charge in [0.2, 0.25) is 17.5 Å². The van der Waals surface area contributed by atoms with Crippen molar-refractivity contribution < 1.29 is 151 Å². The van der Waals surface area contributed by atoms with Crippen molar-refractivity contribution in [3.05, 3.63) is 102 Å². The normalized spacial score (nSPS) is 20.3. The largest absolute Gasteiger partial charge is 0.744 e. The number of phosphoric ester groups is 1. The fourth-order valence-corrected chi connectivity index (χ4v) is 17.4. The number of aliphatic hydroxyl groups is 2. The molecule has 0 saturated carbocycles. The summed E-state index contributed by atoms with van der Waals surface area (Å²) in [5.41, 5.74) is 7.98. The molecule has 0 aliphatic carbocycles. The van der Waals surface area contributed by atoms with Crippen LogP contribution in [0.2, 0.25) is 0 Å². The first kappa shape index (κ1) is 92.0. The van der Waals surface area contributed by atoms with E-state index in [2.05, 4.69) is 45.6 Å². The standard InChI is InChI=1S/C64H91N8O32P3S4/c1-63(2)48-40-46(110(90,91)92)18-20-50(48)70(27-13-39-109(87,88)89)53(63)15-6-4-7-16-54-64(3,23-9-11-38-108(84,85)86)49-41-47(111(93,94)95)19-21-51(49)71(54)26-10-5-8-17-55(73)67-25-29-97-31-33-99-35-37-100-36-34-98-32-30-96-28-22-56(74)66-24-12-14-45-42-72(61-57(45)60(65)68-44-69-61)62-59(76)58(75)52(102-62)43-101-106(80,81)104-107(82,83)103-105(77,78)79/h4,6-7,15-16,18-21,40-42,44,52,58-59,62,75-76H,5,8-11,13,17,22-39,43H2,1-3H3,(H11-,65,66,67,68,69,73,74,77,78,79,80,81,82,83,84,85,86,87,88,89,90,91,92,93,94,95)/t52-,58-,59-,62-,64?/m1/s1. The van der Waals surface area contributed by atoms with Crippen molar-refractivity contribution in [1.82, 2.24) is 25.2 Å². The van der Waals surface area contributed by atoms with Crippen LogP contribution in [-0.4, -0.2) is 247 Å². The Balaban J connectivity index is 0.765. The second-order valence-electron chi connectivity index (χ2n) is 26.0. The van der Waals surface area contributed by atoms with Gasteiger partial charge in [0.15, 0.2) is 11.9 Å². The summed E-state index contributed by atoms with van der Waals surface area (Å²) in [5.74, 6) is 3.89. The minimum atomic E-state index is -5.84. The third-order valence-corrected chi connectivity index (χ3v) is 24.6. The zero-order valence-electron chi connectivity index (χ0n) is 60.4. The third-order valence-electron chi connectivity index (χ3n) is 17.5. The number of fused-ring (bicyclic) bond motifs is 3. The number of carbonyl (C=O) groups is 2. The zero-order chi connectivity index (χ0) is 81.8. The van der Waals surface area contributed by atoms with Crippen LogP contribution in [0.3, 0.4) is 0 Å². The van der Waals surface area contributed by atoms with Crippen LogP contribution in [0.5, 0.6) is 0 Å². The number of rotatable bonds is 47. The molecule has 40 nitrogen and oxygen atoms in total. The number of aliphatic hydroxyl groups excluding tert-OH is 2. The fourth-order valence-electron chi connectivity index (χ4n) is 12.3. The molecule has 4 aromatic rings. The number of anilines is 2. The molecule has 3 unspecified atom stereocenters. The van der Waals surface area contributed by atoms with Crippen molar-refractivity contribution in [3.8, 4) is 11.8 Å². The van der Waals surface area contributed by atoms with Crippen molar-refractivity contribution in [2.24, 2.45) is 0 Å². The van der Waals surface area contributed by atoms with E-state index in [1.165, 1.54) is 41.1 Å². The van der Waals surface area contributed by atoms with Crippen molar-refractivity contribution in [2.75, 3.05) is 121 Å². The van der Waals surface area contributed by atoms with E-state index in [1.54, 1.807) is 41.0 Å². The highest BCUT2D eigenvalue weighted by Gasteiger charge is 2.49. The van der Waals surface area contributed by atoms with Crippen molar-refractivity contribution >= 4 is 110 Å². The zero-order valence-corrected chi connectivity index (χ0v) is 66.4. The molecular formula is C64H91N8O32P3S4. The summed E-state index contributed by atoms with van der Waals surface area (Å²) in [6.07, 6.45) is 6.92. The Kier molecular flexibility index (Phi) is 33.4. The lowest BCUT2D eigenvalue weighted by molar-refractivity contribution is -0.437. The topological polar surface area (TPSA) is 597 Å². The van der Waals surface area contributed by atoms with Gasteiger partial charge in [-0.2, -0.15) is 38.5 Å². The quantitative estimate of drug-likeness (QED) is 0.00755. The predicted molar refractivity (Wildman–Crippen MR) is 394 cm³/mol. The molecule has 2 aromatic heterocycles. The maximum atomic E-state index is 12.8. The van der Waals surface area contributed by atoms with Crippen LogP contribution in [0.15, 0.2) is 94.8 Å². The number of nitrogens with zero attached hydrogens (tertiary/aromatic N) is 5. The predicted octanol–water partition coefficient (Wildman–Crippen LogP) is 2.93. The van der Waals surface area contributed by atoms with Gasteiger partial charge in [0.25, 0.3) is 30.4 Å². The van der Waals surface area contributed by atoms with E-state index >= 15 is 0 Å². The molecule has 2 amide bonds. The molecule has 5 heterocycles. The number of carbonyl (C=O) groups excluding carboxylic acids is 2. The molecule has 618 valence electrons. The number of amides is 2. The number of nitrogen functional groups attached to an aromatic ring is 1. The molecule has 47 heteroatoms. The van der Waals surface area contributed by atoms with Crippen LogP contribution in [0.25, 0.3) is 11.0 Å². The van der Waals surface area contributed by atoms with Gasteiger partial charge in [-0.1, -0.05) is 42.9 Å². The van der Waals surface area contributed by atoms with Gasteiger partial charge in [0.1, 0.15) is 52.8 Å². The number of hydrogen-bond donors (Lipinski definition) is 12. The van der Waals surface area contributed by atoms with E-state index in [4.69, 9.17) is 43.9 Å². The molecule has 7 atom stereocenters. The number of nitrogens with two attached hydrogens (primary N) is 1. The molecule has 2 aromatic carbocycles. The van der Waals surface area contributed by atoms with Crippen LogP contribution in [0.1, 0.15) is 101 Å². The Morgan fingerprint density at radius 3 is 1.95 bits per heavy atom. The summed E-state index contributed by atoms with van der Waals surface area (Å²) in [6.45, 7) is 7.37. The van der Waals surface area contributed by atoms with E-state index < -0.39 is 122 Å². The Labute approximate surface area is 640 Å². The second-order valence-corrected chi connectivity index (χ2v) is 36.4. The van der Waals surface area contributed by atoms with Gasteiger partial charge in [0.05, 0.1) is 117 Å². The second kappa shape index (κ2) is 40.4. The summed E-state index contributed by atoms with van der Waals surface area (Å²) in [5, 5.41) is 27.2. The number of benzene rings is 2. The first-order valence-corrected chi connectivity index (χ1v) is 44.9. The highest BCUT2D eigenvalue weighted by molar-refractivity contribution is 7.86. The highest BCUT2D eigenvalue weighted by Crippen LogP contribution is 2.66. The first-order valence-electron chi connectivity index (χ1n) is 34.3. The maximum absolute atomic E-state index is 12.8. The van der Waals surface area contributed by atoms with E-state index in [-0.39, 0.29) is 163 Å². The van der Waals surface area contributed by atoms with Gasteiger partial charge >= 0.3 is 23.5 Å².